The third-order valence-corrected chi connectivity index (χ3v) is 5.14. The van der Waals surface area contributed by atoms with Crippen molar-refractivity contribution >= 4 is 17.7 Å². The minimum atomic E-state index is -1.07. The first kappa shape index (κ1) is 16.7. The average molecular weight is 367 g/mol. The summed E-state index contributed by atoms with van der Waals surface area (Å²) < 4.78 is 5.84. The highest BCUT2D eigenvalue weighted by molar-refractivity contribution is 7.99. The van der Waals surface area contributed by atoms with Gasteiger partial charge in [-0.2, -0.15) is 0 Å². The summed E-state index contributed by atoms with van der Waals surface area (Å²) in [6, 6.07) is 16.0. The zero-order valence-corrected chi connectivity index (χ0v) is 14.7. The molecule has 3 aromatic rings. The summed E-state index contributed by atoms with van der Waals surface area (Å²) in [4.78, 5) is 12.0. The van der Waals surface area contributed by atoms with E-state index in [1.54, 1.807) is 0 Å². The van der Waals surface area contributed by atoms with Crippen LogP contribution < -0.4 is 4.74 Å². The summed E-state index contributed by atoms with van der Waals surface area (Å²) in [7, 11) is 0. The first-order valence-electron chi connectivity index (χ1n) is 8.34. The fraction of sp³-hybridized carbons (Fsp3) is 0.211. The number of nitrogens with one attached hydrogen (secondary N) is 1. The number of carbonyl (C=O) groups is 1. The van der Waals surface area contributed by atoms with Crippen molar-refractivity contribution in [2.75, 3.05) is 6.61 Å². The summed E-state index contributed by atoms with van der Waals surface area (Å²) in [5.74, 6) is 0.542. The Morgan fingerprint density at radius 1 is 1.19 bits per heavy atom. The van der Waals surface area contributed by atoms with Gasteiger partial charge >= 0.3 is 5.97 Å². The van der Waals surface area contributed by atoms with E-state index in [2.05, 4.69) is 15.4 Å². The predicted octanol–water partition coefficient (Wildman–Crippen LogP) is 4.11. The number of rotatable bonds is 7. The quantitative estimate of drug-likeness (QED) is 0.653. The van der Waals surface area contributed by atoms with Crippen LogP contribution in [0.4, 0.5) is 0 Å². The predicted molar refractivity (Wildman–Crippen MR) is 97.6 cm³/mol. The Hall–Kier alpha value is -2.80. The molecule has 0 amide bonds. The molecule has 1 aliphatic rings. The number of aromatic amines is 1. The lowest BCUT2D eigenvalue weighted by molar-refractivity contribution is 0.0686. The van der Waals surface area contributed by atoms with Crippen LogP contribution in [-0.2, 0) is 0 Å². The third-order valence-electron chi connectivity index (χ3n) is 4.15. The molecule has 0 aliphatic heterocycles. The van der Waals surface area contributed by atoms with Crippen LogP contribution in [0.15, 0.2) is 58.5 Å². The molecule has 2 N–H and O–H groups in total. The van der Waals surface area contributed by atoms with Gasteiger partial charge in [-0.05, 0) is 54.2 Å². The van der Waals surface area contributed by atoms with Gasteiger partial charge in [-0.25, -0.2) is 4.79 Å². The molecule has 0 unspecified atom stereocenters. The molecule has 0 radical (unpaired) electrons. The second-order valence-electron chi connectivity index (χ2n) is 6.21. The minimum absolute atomic E-state index is 0.000380. The number of aromatic nitrogens is 3. The number of ether oxygens (including phenoxy) is 1. The lowest BCUT2D eigenvalue weighted by Gasteiger charge is -2.08. The van der Waals surface area contributed by atoms with Gasteiger partial charge in [0.1, 0.15) is 5.75 Å². The van der Waals surface area contributed by atoms with Gasteiger partial charge in [-0.15, -0.1) is 5.10 Å². The van der Waals surface area contributed by atoms with Crippen LogP contribution in [0.5, 0.6) is 5.75 Å². The maximum atomic E-state index is 11.1. The smallest absolute Gasteiger partial charge is 0.356 e. The van der Waals surface area contributed by atoms with Crippen molar-refractivity contribution in [3.63, 3.8) is 0 Å². The number of aromatic carboxylic acids is 1. The summed E-state index contributed by atoms with van der Waals surface area (Å²) in [5, 5.41) is 19.2. The number of hydrogen-bond acceptors (Lipinski definition) is 5. The van der Waals surface area contributed by atoms with E-state index < -0.39 is 5.97 Å². The van der Waals surface area contributed by atoms with Gasteiger partial charge in [0.05, 0.1) is 6.61 Å². The Labute approximate surface area is 154 Å². The SMILES string of the molecule is O=C(O)c1[nH]nnc1Sc1ccc(-c2cccc(OCC3CC3)c2)cc1. The van der Waals surface area contributed by atoms with E-state index in [0.717, 1.165) is 34.3 Å². The van der Waals surface area contributed by atoms with Gasteiger partial charge < -0.3 is 9.84 Å². The number of carboxylic acids is 1. The van der Waals surface area contributed by atoms with Gasteiger partial charge in [-0.3, -0.25) is 5.10 Å². The highest BCUT2D eigenvalue weighted by Gasteiger charge is 2.21. The van der Waals surface area contributed by atoms with Gasteiger partial charge in [0.25, 0.3) is 0 Å². The molecule has 1 fully saturated rings. The maximum absolute atomic E-state index is 11.1. The number of nitrogens with zero attached hydrogens (tertiary/aromatic N) is 2. The fourth-order valence-corrected chi connectivity index (χ4v) is 3.33. The molecule has 1 heterocycles. The van der Waals surface area contributed by atoms with E-state index in [0.29, 0.717) is 5.03 Å². The zero-order valence-electron chi connectivity index (χ0n) is 13.9. The topological polar surface area (TPSA) is 88.1 Å². The van der Waals surface area contributed by atoms with E-state index in [1.165, 1.54) is 24.6 Å². The van der Waals surface area contributed by atoms with Gasteiger partial charge in [0, 0.05) is 4.90 Å². The maximum Gasteiger partial charge on any atom is 0.356 e. The van der Waals surface area contributed by atoms with Crippen LogP contribution in [-0.4, -0.2) is 33.1 Å². The van der Waals surface area contributed by atoms with Crippen LogP contribution in [0.2, 0.25) is 0 Å². The lowest BCUT2D eigenvalue weighted by atomic mass is 10.1. The third kappa shape index (κ3) is 3.88. The molecule has 0 atom stereocenters. The normalized spacial score (nSPS) is 13.5. The molecule has 2 aromatic carbocycles. The van der Waals surface area contributed by atoms with Crippen LogP contribution in [0.1, 0.15) is 23.3 Å². The molecule has 7 heteroatoms. The van der Waals surface area contributed by atoms with Crippen LogP contribution in [0.25, 0.3) is 11.1 Å². The number of carboxylic acid groups (broad SMARTS) is 1. The van der Waals surface area contributed by atoms with Crippen molar-refractivity contribution in [3.8, 4) is 16.9 Å². The largest absolute Gasteiger partial charge is 0.493 e. The molecule has 4 rings (SSSR count). The Morgan fingerprint density at radius 2 is 2.00 bits per heavy atom. The molecule has 1 saturated carbocycles. The second-order valence-corrected chi connectivity index (χ2v) is 7.27. The molecule has 0 bridgehead atoms. The van der Waals surface area contributed by atoms with E-state index in [9.17, 15) is 4.79 Å². The van der Waals surface area contributed by atoms with Crippen molar-refractivity contribution in [2.45, 2.75) is 22.8 Å². The molecule has 26 heavy (non-hydrogen) atoms. The minimum Gasteiger partial charge on any atom is -0.493 e. The van der Waals surface area contributed by atoms with Crippen molar-refractivity contribution < 1.29 is 14.6 Å². The monoisotopic (exact) mass is 367 g/mol. The summed E-state index contributed by atoms with van der Waals surface area (Å²) in [6.07, 6.45) is 2.54. The number of benzene rings is 2. The summed E-state index contributed by atoms with van der Waals surface area (Å²) >= 11 is 1.26. The Bertz CT molecular complexity index is 920. The fourth-order valence-electron chi connectivity index (χ4n) is 2.52. The van der Waals surface area contributed by atoms with E-state index in [-0.39, 0.29) is 5.69 Å². The van der Waals surface area contributed by atoms with Crippen LogP contribution in [0.3, 0.4) is 0 Å². The number of H-pyrrole nitrogens is 1. The van der Waals surface area contributed by atoms with Crippen molar-refractivity contribution in [1.82, 2.24) is 15.4 Å². The van der Waals surface area contributed by atoms with E-state index in [1.807, 2.05) is 48.5 Å². The van der Waals surface area contributed by atoms with Gasteiger partial charge in [-0.1, -0.05) is 41.2 Å². The van der Waals surface area contributed by atoms with Gasteiger partial charge in [0.2, 0.25) is 0 Å². The molecule has 0 saturated heterocycles. The summed E-state index contributed by atoms with van der Waals surface area (Å²) in [5.41, 5.74) is 2.16. The highest BCUT2D eigenvalue weighted by atomic mass is 32.2. The van der Waals surface area contributed by atoms with Gasteiger partial charge in [0.15, 0.2) is 10.7 Å². The first-order valence-corrected chi connectivity index (χ1v) is 9.16. The molecular formula is C19H17N3O3S. The Morgan fingerprint density at radius 3 is 2.73 bits per heavy atom. The standard InChI is InChI=1S/C19H17N3O3S/c23-19(24)17-18(21-22-20-17)26-16-8-6-13(7-9-16)14-2-1-3-15(10-14)25-11-12-4-5-12/h1-3,6-10,12H,4-5,11H2,(H,23,24)(H,20,21,22). The molecule has 132 valence electrons. The Balaban J connectivity index is 1.47. The number of hydrogen-bond donors (Lipinski definition) is 2. The van der Waals surface area contributed by atoms with Crippen LogP contribution >= 0.6 is 11.8 Å². The van der Waals surface area contributed by atoms with E-state index in [4.69, 9.17) is 9.84 Å². The zero-order chi connectivity index (χ0) is 17.9. The summed E-state index contributed by atoms with van der Waals surface area (Å²) in [6.45, 7) is 0.794. The van der Waals surface area contributed by atoms with Crippen molar-refractivity contribution in [2.24, 2.45) is 5.92 Å². The lowest BCUT2D eigenvalue weighted by Crippen LogP contribution is -1.98. The molecule has 1 aliphatic carbocycles. The second kappa shape index (κ2) is 7.21. The molecule has 0 spiro atoms. The van der Waals surface area contributed by atoms with Crippen molar-refractivity contribution in [3.05, 3.63) is 54.2 Å². The van der Waals surface area contributed by atoms with Crippen LogP contribution in [0, 0.1) is 5.92 Å². The first-order chi connectivity index (χ1) is 12.7. The van der Waals surface area contributed by atoms with Crippen molar-refractivity contribution in [1.29, 1.82) is 0 Å². The molecule has 1 aromatic heterocycles. The van der Waals surface area contributed by atoms with E-state index >= 15 is 0 Å². The average Bonchev–Trinajstić information content (AvgIpc) is 3.37. The molecular weight excluding hydrogens is 350 g/mol. The highest BCUT2D eigenvalue weighted by Crippen LogP contribution is 2.32. The Kier molecular flexibility index (Phi) is 4.62. The molecule has 6 nitrogen and oxygen atoms in total.